The van der Waals surface area contributed by atoms with E-state index in [1.165, 1.54) is 38.1 Å². The predicted molar refractivity (Wildman–Crippen MR) is 204 cm³/mol. The number of hydrogen-bond acceptors (Lipinski definition) is 0. The third-order valence-corrected chi connectivity index (χ3v) is 8.84. The van der Waals surface area contributed by atoms with Gasteiger partial charge in [0.1, 0.15) is 29.1 Å². The van der Waals surface area contributed by atoms with E-state index in [-0.39, 0.29) is 38.6 Å². The van der Waals surface area contributed by atoms with Crippen LogP contribution >= 0.6 is 0 Å². The smallest absolute Gasteiger partial charge is 0.162 e. The maximum Gasteiger partial charge on any atom is 0.162 e. The Labute approximate surface area is 308 Å². The molecule has 0 bridgehead atoms. The van der Waals surface area contributed by atoms with Crippen molar-refractivity contribution in [3.05, 3.63) is 139 Å². The third-order valence-electron chi connectivity index (χ3n) is 8.84. The Bertz CT molecular complexity index is 1640. The fourth-order valence-electron chi connectivity index (χ4n) is 4.74. The Kier molecular flexibility index (Phi) is 15.6. The molecule has 0 unspecified atom stereocenters. The minimum atomic E-state index is -0.729. The van der Waals surface area contributed by atoms with Crippen molar-refractivity contribution in [2.45, 2.75) is 139 Å². The predicted octanol–water partition coefficient (Wildman–Crippen LogP) is 14.5. The molecule has 52 heavy (non-hydrogen) atoms. The van der Waals surface area contributed by atoms with Crippen molar-refractivity contribution < 1.29 is 30.7 Å². The molecule has 0 aliphatic rings. The van der Waals surface area contributed by atoms with Crippen molar-refractivity contribution in [1.82, 2.24) is 0 Å². The Balaban J connectivity index is 0.000000347. The summed E-state index contributed by atoms with van der Waals surface area (Å²) in [6, 6.07) is 12.7. The Morgan fingerprint density at radius 1 is 0.327 bits per heavy atom. The Morgan fingerprint density at radius 2 is 0.615 bits per heavy atom. The lowest BCUT2D eigenvalue weighted by molar-refractivity contribution is 0.461. The van der Waals surface area contributed by atoms with Crippen LogP contribution in [0.25, 0.3) is 0 Å². The number of rotatable bonds is 0. The maximum absolute atomic E-state index is 13.8. The molecule has 0 saturated heterocycles. The van der Waals surface area contributed by atoms with Gasteiger partial charge in [0.2, 0.25) is 0 Å². The second-order valence-electron chi connectivity index (χ2n) is 17.6. The van der Waals surface area contributed by atoms with Crippen LogP contribution < -0.4 is 0 Å². The first-order valence-electron chi connectivity index (χ1n) is 17.5. The molecular formula is C45H59F7. The molecule has 0 atom stereocenters. The van der Waals surface area contributed by atoms with Gasteiger partial charge in [0.15, 0.2) is 11.6 Å². The normalized spacial score (nSPS) is 11.8. The largest absolute Gasteiger partial charge is 0.207 e. The van der Waals surface area contributed by atoms with Crippen LogP contribution in [-0.4, -0.2) is 0 Å². The summed E-state index contributed by atoms with van der Waals surface area (Å²) in [6.07, 6.45) is 0. The van der Waals surface area contributed by atoms with Gasteiger partial charge in [-0.05, 0) is 119 Å². The molecule has 0 spiro atoms. The van der Waals surface area contributed by atoms with Gasteiger partial charge in [0.05, 0.1) is 0 Å². The van der Waals surface area contributed by atoms with Gasteiger partial charge in [-0.15, -0.1) is 0 Å². The monoisotopic (exact) mass is 732 g/mol. The molecule has 7 heteroatoms. The lowest BCUT2D eigenvalue weighted by atomic mass is 9.85. The first kappa shape index (κ1) is 46.4. The summed E-state index contributed by atoms with van der Waals surface area (Å²) in [6.45, 7) is 31.4. The van der Waals surface area contributed by atoms with Gasteiger partial charge in [-0.1, -0.05) is 107 Å². The van der Waals surface area contributed by atoms with E-state index in [2.05, 4.69) is 0 Å². The average molecular weight is 733 g/mol. The molecule has 288 valence electrons. The topological polar surface area (TPSA) is 0 Å². The Morgan fingerprint density at radius 3 is 0.904 bits per heavy atom. The SMILES string of the molecule is Cc1c(F)cc(C(C)(C)C)cc1F.Cc1c(F)cc(C(C)(C)C)cc1F.Cc1ccc(C(C)(C)C)c(F)c1C.Cc1ccc(C(C)(C)C)c(F)c1F. The summed E-state index contributed by atoms with van der Waals surface area (Å²) in [7, 11) is 0. The zero-order valence-electron chi connectivity index (χ0n) is 34.3. The first-order valence-corrected chi connectivity index (χ1v) is 17.5. The third kappa shape index (κ3) is 12.8. The van der Waals surface area contributed by atoms with E-state index in [0.29, 0.717) is 22.3 Å². The molecule has 0 nitrogen and oxygen atoms in total. The van der Waals surface area contributed by atoms with Crippen LogP contribution in [-0.2, 0) is 21.7 Å². The zero-order chi connectivity index (χ0) is 40.9. The molecule has 0 amide bonds. The highest BCUT2D eigenvalue weighted by molar-refractivity contribution is 5.36. The molecule has 0 radical (unpaired) electrons. The number of benzene rings is 4. The molecule has 0 fully saturated rings. The van der Waals surface area contributed by atoms with Crippen LogP contribution in [0.4, 0.5) is 30.7 Å². The van der Waals surface area contributed by atoms with Crippen LogP contribution in [0.5, 0.6) is 0 Å². The summed E-state index contributed by atoms with van der Waals surface area (Å²) in [5.41, 5.74) is 4.04. The van der Waals surface area contributed by atoms with Crippen molar-refractivity contribution in [3.63, 3.8) is 0 Å². The van der Waals surface area contributed by atoms with Crippen molar-refractivity contribution in [3.8, 4) is 0 Å². The Hall–Kier alpha value is -3.61. The van der Waals surface area contributed by atoms with Crippen LogP contribution in [0.2, 0.25) is 0 Å². The van der Waals surface area contributed by atoms with Gasteiger partial charge in [-0.2, -0.15) is 0 Å². The standard InChI is InChI=1S/C12H17F.3C11H14F2/c1-8-6-7-10(12(3,4)5)11(13)9(8)2;2*1-7-9(12)5-8(6-10(7)13)11(2,3)4;1-7-5-6-8(11(2,3)4)10(13)9(7)12/h6-7H,1-5H3;3*5-6H,1-4H3. The first-order chi connectivity index (χ1) is 23.3. The highest BCUT2D eigenvalue weighted by Crippen LogP contribution is 2.30. The number of hydrogen-bond donors (Lipinski definition) is 0. The molecular weight excluding hydrogens is 673 g/mol. The zero-order valence-corrected chi connectivity index (χ0v) is 34.3. The molecule has 0 saturated carbocycles. The second kappa shape index (κ2) is 17.5. The molecule has 4 rings (SSSR count). The van der Waals surface area contributed by atoms with E-state index < -0.39 is 34.9 Å². The highest BCUT2D eigenvalue weighted by atomic mass is 19.2. The lowest BCUT2D eigenvalue weighted by Crippen LogP contribution is -2.14. The van der Waals surface area contributed by atoms with Crippen molar-refractivity contribution in [1.29, 1.82) is 0 Å². The van der Waals surface area contributed by atoms with Gasteiger partial charge in [-0.3, -0.25) is 0 Å². The van der Waals surface area contributed by atoms with E-state index in [1.54, 1.807) is 19.1 Å². The quantitative estimate of drug-likeness (QED) is 0.158. The molecule has 0 aliphatic heterocycles. The molecule has 4 aromatic carbocycles. The summed E-state index contributed by atoms with van der Waals surface area (Å²) >= 11 is 0. The van der Waals surface area contributed by atoms with Crippen LogP contribution in [0.3, 0.4) is 0 Å². The van der Waals surface area contributed by atoms with Crippen LogP contribution in [0.15, 0.2) is 48.5 Å². The average Bonchev–Trinajstić information content (AvgIpc) is 2.98. The number of aryl methyl sites for hydroxylation is 2. The molecule has 0 aromatic heterocycles. The fraction of sp³-hybridized carbons (Fsp3) is 0.467. The van der Waals surface area contributed by atoms with Gasteiger partial charge in [0, 0.05) is 11.1 Å². The maximum atomic E-state index is 13.8. The second-order valence-corrected chi connectivity index (χ2v) is 17.6. The molecule has 0 aliphatic carbocycles. The van der Waals surface area contributed by atoms with Crippen LogP contribution in [0.1, 0.15) is 133 Å². The van der Waals surface area contributed by atoms with E-state index in [4.69, 9.17) is 0 Å². The number of halogens is 7. The van der Waals surface area contributed by atoms with Crippen LogP contribution in [0, 0.1) is 75.3 Å². The van der Waals surface area contributed by atoms with Crippen molar-refractivity contribution >= 4 is 0 Å². The van der Waals surface area contributed by atoms with E-state index in [9.17, 15) is 30.7 Å². The van der Waals surface area contributed by atoms with Crippen molar-refractivity contribution in [2.24, 2.45) is 0 Å². The summed E-state index contributed by atoms with van der Waals surface area (Å²) in [5, 5.41) is 0. The summed E-state index contributed by atoms with van der Waals surface area (Å²) in [4.78, 5) is 0. The molecule has 0 N–H and O–H groups in total. The minimum absolute atomic E-state index is 0.0486. The molecule has 0 heterocycles. The van der Waals surface area contributed by atoms with Gasteiger partial charge < -0.3 is 0 Å². The van der Waals surface area contributed by atoms with Gasteiger partial charge >= 0.3 is 0 Å². The van der Waals surface area contributed by atoms with E-state index in [1.807, 2.05) is 109 Å². The highest BCUT2D eigenvalue weighted by Gasteiger charge is 2.22. The summed E-state index contributed by atoms with van der Waals surface area (Å²) < 4.78 is 92.8. The molecule has 4 aromatic rings. The van der Waals surface area contributed by atoms with Gasteiger partial charge in [0.25, 0.3) is 0 Å². The summed E-state index contributed by atoms with van der Waals surface area (Å²) in [5.74, 6) is -3.36. The fourth-order valence-corrected chi connectivity index (χ4v) is 4.74. The van der Waals surface area contributed by atoms with E-state index in [0.717, 1.165) is 16.7 Å². The lowest BCUT2D eigenvalue weighted by Gasteiger charge is -2.21. The van der Waals surface area contributed by atoms with Crippen molar-refractivity contribution in [2.75, 3.05) is 0 Å². The van der Waals surface area contributed by atoms with E-state index >= 15 is 0 Å². The minimum Gasteiger partial charge on any atom is -0.207 e. The van der Waals surface area contributed by atoms with Gasteiger partial charge in [-0.25, -0.2) is 30.7 Å².